The highest BCUT2D eigenvalue weighted by Gasteiger charge is 2.26. The lowest BCUT2D eigenvalue weighted by Gasteiger charge is -2.07. The minimum Gasteiger partial charge on any atom is -0.338 e. The summed E-state index contributed by atoms with van der Waals surface area (Å²) in [6.45, 7) is 0.300. The average molecular weight is 224 g/mol. The van der Waals surface area contributed by atoms with Crippen LogP contribution in [-0.4, -0.2) is 24.8 Å². The number of carbonyl (C=O) groups is 1. The van der Waals surface area contributed by atoms with Gasteiger partial charge >= 0.3 is 12.2 Å². The quantitative estimate of drug-likeness (QED) is 0.690. The molecule has 1 fully saturated rings. The van der Waals surface area contributed by atoms with Gasteiger partial charge in [0.15, 0.2) is 0 Å². The van der Waals surface area contributed by atoms with E-state index in [1.807, 2.05) is 0 Å². The van der Waals surface area contributed by atoms with Gasteiger partial charge in [0.05, 0.1) is 0 Å². The maximum absolute atomic E-state index is 11.7. The van der Waals surface area contributed by atoms with E-state index in [9.17, 15) is 18.0 Å². The molecule has 6 heteroatoms. The monoisotopic (exact) mass is 224 g/mol. The lowest BCUT2D eigenvalue weighted by atomic mass is 10.2. The molecule has 0 aromatic carbocycles. The van der Waals surface area contributed by atoms with E-state index in [1.165, 1.54) is 0 Å². The second kappa shape index (κ2) is 5.23. The van der Waals surface area contributed by atoms with Gasteiger partial charge in [-0.3, -0.25) is 0 Å². The Balaban J connectivity index is 1.89. The Bertz CT molecular complexity index is 214. The minimum absolute atomic E-state index is 0.0627. The Morgan fingerprint density at radius 2 is 1.93 bits per heavy atom. The second-order valence-electron chi connectivity index (χ2n) is 3.75. The second-order valence-corrected chi connectivity index (χ2v) is 3.75. The van der Waals surface area contributed by atoms with Crippen molar-refractivity contribution in [3.8, 4) is 0 Å². The molecule has 2 N–H and O–H groups in total. The van der Waals surface area contributed by atoms with Crippen molar-refractivity contribution in [1.82, 2.24) is 10.6 Å². The van der Waals surface area contributed by atoms with Crippen LogP contribution in [0.15, 0.2) is 0 Å². The molecule has 0 aliphatic heterocycles. The zero-order valence-corrected chi connectivity index (χ0v) is 8.36. The molecule has 0 atom stereocenters. The van der Waals surface area contributed by atoms with Gasteiger partial charge in [-0.2, -0.15) is 13.2 Å². The van der Waals surface area contributed by atoms with Gasteiger partial charge in [0.25, 0.3) is 0 Å². The van der Waals surface area contributed by atoms with Crippen molar-refractivity contribution in [3.63, 3.8) is 0 Å². The van der Waals surface area contributed by atoms with Crippen LogP contribution in [0.2, 0.25) is 0 Å². The van der Waals surface area contributed by atoms with E-state index >= 15 is 0 Å². The third-order valence-electron chi connectivity index (χ3n) is 2.09. The van der Waals surface area contributed by atoms with Crippen LogP contribution in [0.5, 0.6) is 0 Å². The third-order valence-corrected chi connectivity index (χ3v) is 2.09. The molecule has 0 saturated heterocycles. The van der Waals surface area contributed by atoms with Crippen molar-refractivity contribution >= 4 is 6.03 Å². The molecule has 0 unspecified atom stereocenters. The SMILES string of the molecule is O=C(NCCCCC(F)(F)F)NC1CC1. The summed E-state index contributed by atoms with van der Waals surface area (Å²) in [6.07, 6.45) is -2.44. The molecule has 1 saturated carbocycles. The number of unbranched alkanes of at least 4 members (excludes halogenated alkanes) is 1. The van der Waals surface area contributed by atoms with Gasteiger partial charge in [0, 0.05) is 19.0 Å². The smallest absolute Gasteiger partial charge is 0.338 e. The van der Waals surface area contributed by atoms with Gasteiger partial charge in [0.2, 0.25) is 0 Å². The van der Waals surface area contributed by atoms with E-state index in [0.29, 0.717) is 13.0 Å². The topological polar surface area (TPSA) is 41.1 Å². The Morgan fingerprint density at radius 3 is 2.47 bits per heavy atom. The number of carbonyl (C=O) groups excluding carboxylic acids is 1. The van der Waals surface area contributed by atoms with E-state index in [-0.39, 0.29) is 18.5 Å². The number of urea groups is 1. The van der Waals surface area contributed by atoms with Gasteiger partial charge < -0.3 is 10.6 Å². The highest BCUT2D eigenvalue weighted by atomic mass is 19.4. The van der Waals surface area contributed by atoms with Crippen LogP contribution in [0.1, 0.15) is 32.1 Å². The zero-order chi connectivity index (χ0) is 11.3. The summed E-state index contributed by atoms with van der Waals surface area (Å²) >= 11 is 0. The van der Waals surface area contributed by atoms with Gasteiger partial charge in [-0.25, -0.2) is 4.79 Å². The molecule has 15 heavy (non-hydrogen) atoms. The summed E-state index contributed by atoms with van der Waals surface area (Å²) in [5.74, 6) is 0. The van der Waals surface area contributed by atoms with E-state index in [0.717, 1.165) is 12.8 Å². The van der Waals surface area contributed by atoms with E-state index < -0.39 is 12.6 Å². The molecule has 0 heterocycles. The normalized spacial score (nSPS) is 16.2. The largest absolute Gasteiger partial charge is 0.389 e. The van der Waals surface area contributed by atoms with Gasteiger partial charge in [0.1, 0.15) is 0 Å². The average Bonchev–Trinajstić information content (AvgIpc) is 2.85. The number of halogens is 3. The Morgan fingerprint density at radius 1 is 1.27 bits per heavy atom. The Kier molecular flexibility index (Phi) is 4.23. The first-order chi connectivity index (χ1) is 6.97. The molecule has 0 aromatic heterocycles. The molecule has 88 valence electrons. The molecular weight excluding hydrogens is 209 g/mol. The number of nitrogens with one attached hydrogen (secondary N) is 2. The first-order valence-corrected chi connectivity index (χ1v) is 5.08. The van der Waals surface area contributed by atoms with Crippen LogP contribution in [0.4, 0.5) is 18.0 Å². The summed E-state index contributed by atoms with van der Waals surface area (Å²) in [6, 6.07) is 0.00434. The highest BCUT2D eigenvalue weighted by molar-refractivity contribution is 5.74. The molecule has 0 radical (unpaired) electrons. The fourth-order valence-electron chi connectivity index (χ4n) is 1.12. The van der Waals surface area contributed by atoms with Crippen LogP contribution < -0.4 is 10.6 Å². The number of hydrogen-bond donors (Lipinski definition) is 2. The lowest BCUT2D eigenvalue weighted by Crippen LogP contribution is -2.37. The minimum atomic E-state index is -4.09. The molecule has 3 nitrogen and oxygen atoms in total. The third kappa shape index (κ3) is 7.04. The van der Waals surface area contributed by atoms with Crippen LogP contribution >= 0.6 is 0 Å². The number of rotatable bonds is 5. The number of alkyl halides is 3. The summed E-state index contributed by atoms with van der Waals surface area (Å²) < 4.78 is 35.2. The van der Waals surface area contributed by atoms with Crippen molar-refractivity contribution in [2.45, 2.75) is 44.3 Å². The molecule has 1 aliphatic rings. The molecular formula is C9H15F3N2O. The fourth-order valence-corrected chi connectivity index (χ4v) is 1.12. The van der Waals surface area contributed by atoms with E-state index in [2.05, 4.69) is 10.6 Å². The summed E-state index contributed by atoms with van der Waals surface area (Å²) in [4.78, 5) is 11.0. The molecule has 1 rings (SSSR count). The zero-order valence-electron chi connectivity index (χ0n) is 8.36. The molecule has 0 spiro atoms. The predicted octanol–water partition coefficient (Wildman–Crippen LogP) is 2.18. The van der Waals surface area contributed by atoms with Crippen molar-refractivity contribution in [2.24, 2.45) is 0 Å². The van der Waals surface area contributed by atoms with Crippen molar-refractivity contribution < 1.29 is 18.0 Å². The first-order valence-electron chi connectivity index (χ1n) is 5.08. The maximum Gasteiger partial charge on any atom is 0.389 e. The highest BCUT2D eigenvalue weighted by Crippen LogP contribution is 2.21. The van der Waals surface area contributed by atoms with Crippen LogP contribution in [0.25, 0.3) is 0 Å². The lowest BCUT2D eigenvalue weighted by molar-refractivity contribution is -0.135. The number of amides is 2. The van der Waals surface area contributed by atoms with E-state index in [1.54, 1.807) is 0 Å². The van der Waals surface area contributed by atoms with Crippen molar-refractivity contribution in [1.29, 1.82) is 0 Å². The number of hydrogen-bond acceptors (Lipinski definition) is 1. The maximum atomic E-state index is 11.7. The van der Waals surface area contributed by atoms with Crippen LogP contribution in [0, 0.1) is 0 Å². The van der Waals surface area contributed by atoms with Gasteiger partial charge in [-0.05, 0) is 25.7 Å². The summed E-state index contributed by atoms with van der Waals surface area (Å²) in [5.41, 5.74) is 0. The fraction of sp³-hybridized carbons (Fsp3) is 0.889. The summed E-state index contributed by atoms with van der Waals surface area (Å²) in [5, 5.41) is 5.21. The van der Waals surface area contributed by atoms with Crippen molar-refractivity contribution in [2.75, 3.05) is 6.54 Å². The van der Waals surface area contributed by atoms with Gasteiger partial charge in [-0.1, -0.05) is 0 Å². The Hall–Kier alpha value is -0.940. The van der Waals surface area contributed by atoms with Gasteiger partial charge in [-0.15, -0.1) is 0 Å². The van der Waals surface area contributed by atoms with Crippen LogP contribution in [-0.2, 0) is 0 Å². The van der Waals surface area contributed by atoms with E-state index in [4.69, 9.17) is 0 Å². The summed E-state index contributed by atoms with van der Waals surface area (Å²) in [7, 11) is 0. The standard InChI is InChI=1S/C9H15F3N2O/c10-9(11,12)5-1-2-6-13-8(15)14-7-3-4-7/h7H,1-6H2,(H2,13,14,15). The molecule has 1 aliphatic carbocycles. The predicted molar refractivity (Wildman–Crippen MR) is 49.5 cm³/mol. The van der Waals surface area contributed by atoms with Crippen molar-refractivity contribution in [3.05, 3.63) is 0 Å². The molecule has 0 aromatic rings. The van der Waals surface area contributed by atoms with Crippen LogP contribution in [0.3, 0.4) is 0 Å². The Labute approximate surface area is 86.4 Å². The first kappa shape index (κ1) is 12.1. The molecule has 0 bridgehead atoms. The molecule has 2 amide bonds.